The number of hydrogen-bond donors (Lipinski definition) is 1. The van der Waals surface area contributed by atoms with Crippen LogP contribution in [0, 0.1) is 5.92 Å². The maximum Gasteiger partial charge on any atom is 0.0951 e. The van der Waals surface area contributed by atoms with Crippen LogP contribution in [0.25, 0.3) is 0 Å². The van der Waals surface area contributed by atoms with Crippen molar-refractivity contribution >= 4 is 0 Å². The van der Waals surface area contributed by atoms with E-state index in [9.17, 15) is 0 Å². The highest BCUT2D eigenvalue weighted by Gasteiger charge is 2.29. The van der Waals surface area contributed by atoms with Gasteiger partial charge in [-0.2, -0.15) is 0 Å². The van der Waals surface area contributed by atoms with E-state index in [-0.39, 0.29) is 0 Å². The molecule has 0 radical (unpaired) electrons. The number of hydrogen-bond acceptors (Lipinski definition) is 3. The largest absolute Gasteiger partial charge is 0.331 e. The highest BCUT2D eigenvalue weighted by molar-refractivity contribution is 5.00. The van der Waals surface area contributed by atoms with Crippen molar-refractivity contribution in [2.45, 2.75) is 51.7 Å². The lowest BCUT2D eigenvalue weighted by atomic mass is 10.0. The molecule has 18 heavy (non-hydrogen) atoms. The fraction of sp³-hybridized carbons (Fsp3) is 0.786. The number of nitrogens with two attached hydrogens (primary N) is 1. The van der Waals surface area contributed by atoms with E-state index < -0.39 is 0 Å². The molecule has 102 valence electrons. The van der Waals surface area contributed by atoms with Gasteiger partial charge in [-0.3, -0.25) is 4.90 Å². The van der Waals surface area contributed by atoms with Gasteiger partial charge in [-0.15, -0.1) is 0 Å². The molecule has 0 bridgehead atoms. The van der Waals surface area contributed by atoms with E-state index >= 15 is 0 Å². The summed E-state index contributed by atoms with van der Waals surface area (Å²) in [5.41, 5.74) is 7.17. The molecule has 2 unspecified atom stereocenters. The van der Waals surface area contributed by atoms with Crippen LogP contribution in [0.5, 0.6) is 0 Å². The third-order valence-corrected chi connectivity index (χ3v) is 4.20. The normalized spacial score (nSPS) is 24.3. The molecule has 4 nitrogen and oxygen atoms in total. The smallest absolute Gasteiger partial charge is 0.0951 e. The van der Waals surface area contributed by atoms with Gasteiger partial charge >= 0.3 is 0 Å². The summed E-state index contributed by atoms with van der Waals surface area (Å²) >= 11 is 0. The Morgan fingerprint density at radius 2 is 2.28 bits per heavy atom. The SMILES string of the molecule is CC(C)n1cncc1CN(C)C1CCCC1CN. The highest BCUT2D eigenvalue weighted by atomic mass is 15.2. The van der Waals surface area contributed by atoms with Crippen LogP contribution in [0.1, 0.15) is 44.8 Å². The fourth-order valence-electron chi connectivity index (χ4n) is 3.16. The van der Waals surface area contributed by atoms with Crippen LogP contribution in [-0.4, -0.2) is 34.1 Å². The maximum absolute atomic E-state index is 5.87. The lowest BCUT2D eigenvalue weighted by Gasteiger charge is -2.29. The van der Waals surface area contributed by atoms with Crippen LogP contribution in [-0.2, 0) is 6.54 Å². The Hall–Kier alpha value is -0.870. The Morgan fingerprint density at radius 3 is 2.94 bits per heavy atom. The third-order valence-electron chi connectivity index (χ3n) is 4.20. The van der Waals surface area contributed by atoms with E-state index in [1.165, 1.54) is 25.0 Å². The van der Waals surface area contributed by atoms with Gasteiger partial charge in [0, 0.05) is 24.8 Å². The molecule has 1 aromatic heterocycles. The summed E-state index contributed by atoms with van der Waals surface area (Å²) in [6.45, 7) is 6.19. The van der Waals surface area contributed by atoms with Crippen LogP contribution >= 0.6 is 0 Å². The molecule has 0 amide bonds. The van der Waals surface area contributed by atoms with Crippen molar-refractivity contribution in [2.24, 2.45) is 11.7 Å². The van der Waals surface area contributed by atoms with Gasteiger partial charge in [-0.25, -0.2) is 4.98 Å². The lowest BCUT2D eigenvalue weighted by molar-refractivity contribution is 0.188. The molecule has 1 heterocycles. The average Bonchev–Trinajstić information content (AvgIpc) is 2.96. The van der Waals surface area contributed by atoms with Crippen molar-refractivity contribution < 1.29 is 0 Å². The summed E-state index contributed by atoms with van der Waals surface area (Å²) in [6, 6.07) is 1.12. The fourth-order valence-corrected chi connectivity index (χ4v) is 3.16. The van der Waals surface area contributed by atoms with Crippen molar-refractivity contribution in [3.8, 4) is 0 Å². The van der Waals surface area contributed by atoms with Gasteiger partial charge in [0.1, 0.15) is 0 Å². The standard InChI is InChI=1S/C14H26N4/c1-11(2)18-10-16-8-13(18)9-17(3)14-6-4-5-12(14)7-15/h8,10-12,14H,4-7,9,15H2,1-3H3. The monoisotopic (exact) mass is 250 g/mol. The molecule has 1 aliphatic rings. The van der Waals surface area contributed by atoms with Crippen LogP contribution in [0.2, 0.25) is 0 Å². The van der Waals surface area contributed by atoms with Crippen LogP contribution in [0.4, 0.5) is 0 Å². The summed E-state index contributed by atoms with van der Waals surface area (Å²) in [4.78, 5) is 6.73. The van der Waals surface area contributed by atoms with E-state index in [0.29, 0.717) is 18.0 Å². The second-order valence-corrected chi connectivity index (χ2v) is 5.80. The Kier molecular flexibility index (Phi) is 4.40. The second kappa shape index (κ2) is 5.85. The zero-order chi connectivity index (χ0) is 13.1. The maximum atomic E-state index is 5.87. The average molecular weight is 250 g/mol. The molecule has 1 fully saturated rings. The first-order valence-corrected chi connectivity index (χ1v) is 7.04. The number of imidazole rings is 1. The van der Waals surface area contributed by atoms with Crippen molar-refractivity contribution in [1.82, 2.24) is 14.5 Å². The second-order valence-electron chi connectivity index (χ2n) is 5.80. The predicted octanol–water partition coefficient (Wildman–Crippen LogP) is 2.02. The van der Waals surface area contributed by atoms with E-state index in [0.717, 1.165) is 13.1 Å². The van der Waals surface area contributed by atoms with Gasteiger partial charge in [0.05, 0.1) is 12.0 Å². The number of nitrogens with zero attached hydrogens (tertiary/aromatic N) is 3. The van der Waals surface area contributed by atoms with Gasteiger partial charge < -0.3 is 10.3 Å². The number of aromatic nitrogens is 2. The van der Waals surface area contributed by atoms with E-state index in [4.69, 9.17) is 5.73 Å². The first kappa shape index (κ1) is 13.6. The molecule has 1 aromatic rings. The van der Waals surface area contributed by atoms with Crippen molar-refractivity contribution in [1.29, 1.82) is 0 Å². The van der Waals surface area contributed by atoms with Crippen molar-refractivity contribution in [3.63, 3.8) is 0 Å². The van der Waals surface area contributed by atoms with E-state index in [2.05, 4.69) is 35.3 Å². The highest BCUT2D eigenvalue weighted by Crippen LogP contribution is 2.29. The van der Waals surface area contributed by atoms with Crippen molar-refractivity contribution in [3.05, 3.63) is 18.2 Å². The summed E-state index contributed by atoms with van der Waals surface area (Å²) in [5, 5.41) is 0. The first-order valence-electron chi connectivity index (χ1n) is 7.04. The van der Waals surface area contributed by atoms with Gasteiger partial charge in [0.15, 0.2) is 0 Å². The Labute approximate surface area is 110 Å². The molecular weight excluding hydrogens is 224 g/mol. The van der Waals surface area contributed by atoms with Crippen molar-refractivity contribution in [2.75, 3.05) is 13.6 Å². The molecule has 1 aliphatic carbocycles. The summed E-state index contributed by atoms with van der Waals surface area (Å²) in [5.74, 6) is 0.672. The lowest BCUT2D eigenvalue weighted by Crippen LogP contribution is -2.37. The first-order chi connectivity index (χ1) is 8.63. The summed E-state index contributed by atoms with van der Waals surface area (Å²) in [6.07, 6.45) is 7.81. The van der Waals surface area contributed by atoms with E-state index in [1.807, 2.05) is 12.5 Å². The zero-order valence-electron chi connectivity index (χ0n) is 11.8. The molecule has 2 N–H and O–H groups in total. The van der Waals surface area contributed by atoms with Gasteiger partial charge in [0.2, 0.25) is 0 Å². The van der Waals surface area contributed by atoms with E-state index in [1.54, 1.807) is 0 Å². The molecular formula is C14H26N4. The van der Waals surface area contributed by atoms with Gasteiger partial charge in [-0.1, -0.05) is 6.42 Å². The number of rotatable bonds is 5. The van der Waals surface area contributed by atoms with Gasteiger partial charge in [0.25, 0.3) is 0 Å². The Balaban J connectivity index is 2.02. The molecule has 0 spiro atoms. The molecule has 1 saturated carbocycles. The quantitative estimate of drug-likeness (QED) is 0.869. The van der Waals surface area contributed by atoms with Gasteiger partial charge in [-0.05, 0) is 46.2 Å². The molecule has 0 saturated heterocycles. The topological polar surface area (TPSA) is 47.1 Å². The molecule has 2 rings (SSSR count). The molecule has 0 aliphatic heterocycles. The minimum atomic E-state index is 0.477. The zero-order valence-corrected chi connectivity index (χ0v) is 11.8. The summed E-state index contributed by atoms with van der Waals surface area (Å²) < 4.78 is 2.25. The Bertz CT molecular complexity index is 372. The Morgan fingerprint density at radius 1 is 1.50 bits per heavy atom. The minimum absolute atomic E-state index is 0.477. The van der Waals surface area contributed by atoms with Crippen LogP contribution in [0.15, 0.2) is 12.5 Å². The minimum Gasteiger partial charge on any atom is -0.331 e. The van der Waals surface area contributed by atoms with Crippen LogP contribution < -0.4 is 5.73 Å². The molecule has 4 heteroatoms. The summed E-state index contributed by atoms with van der Waals surface area (Å²) in [7, 11) is 2.22. The predicted molar refractivity (Wildman–Crippen MR) is 74.3 cm³/mol. The molecule has 2 atom stereocenters. The molecule has 0 aromatic carbocycles. The third kappa shape index (κ3) is 2.75. The van der Waals surface area contributed by atoms with Crippen LogP contribution in [0.3, 0.4) is 0 Å².